The third-order valence-corrected chi connectivity index (χ3v) is 18.3. The molecule has 4 aliphatic rings. The van der Waals surface area contributed by atoms with Crippen molar-refractivity contribution in [2.24, 2.45) is 29.1 Å². The quantitative estimate of drug-likeness (QED) is 0.0553. The minimum atomic E-state index is -1.14. The second-order valence-corrected chi connectivity index (χ2v) is 23.4. The van der Waals surface area contributed by atoms with Gasteiger partial charge < -0.3 is 18.9 Å². The molecule has 4 aromatic carbocycles. The molecule has 0 N–H and O–H groups in total. The van der Waals surface area contributed by atoms with Crippen molar-refractivity contribution in [3.05, 3.63) is 140 Å². The van der Waals surface area contributed by atoms with E-state index in [1.54, 1.807) is 72.8 Å². The van der Waals surface area contributed by atoms with Gasteiger partial charge in [-0.25, -0.2) is 58.3 Å². The number of rotatable bonds is 12. The molecule has 0 atom stereocenters. The van der Waals surface area contributed by atoms with Crippen LogP contribution in [0.2, 0.25) is 0 Å². The molecule has 4 aliphatic carbocycles. The Kier molecular flexibility index (Phi) is 21.2. The monoisotopic (exact) mass is 1180 g/mol. The largest absolute Gasteiger partial charge is 0.550 e. The summed E-state index contributed by atoms with van der Waals surface area (Å²) in [7, 11) is 0. The highest BCUT2D eigenvalue weighted by atomic mass is 17.3. The van der Waals surface area contributed by atoms with Gasteiger partial charge >= 0.3 is 48.5 Å². The summed E-state index contributed by atoms with van der Waals surface area (Å²) in [6.45, 7) is 15.0. The van der Waals surface area contributed by atoms with Crippen LogP contribution in [0.5, 0.6) is 0 Å². The molecule has 4 saturated carbocycles. The highest BCUT2D eigenvalue weighted by Crippen LogP contribution is 2.63. The molecule has 0 unspecified atom stereocenters. The normalized spacial score (nSPS) is 22.8. The zero-order valence-electron chi connectivity index (χ0n) is 49.5. The average molecular weight is 1180 g/mol. The van der Waals surface area contributed by atoms with Crippen molar-refractivity contribution in [1.82, 2.24) is 0 Å². The lowest BCUT2D eigenvalue weighted by atomic mass is 9.45. The summed E-state index contributed by atoms with van der Waals surface area (Å²) in [6.07, 6.45) is 2.04. The predicted molar refractivity (Wildman–Crippen MR) is 301 cm³/mol. The van der Waals surface area contributed by atoms with E-state index in [2.05, 4.69) is 0 Å². The van der Waals surface area contributed by atoms with Gasteiger partial charge in [0.15, 0.2) is 0 Å². The molecule has 456 valence electrons. The standard InChI is InChI=1S/C65H76O20/c1-37-9-13-45(33-41(37)5)57(66)78-82-61(70)74-53-25-17-49(18-26-53)65(50-19-27-54(28-20-50)75-62(71)83-79-58(67)46-14-10-38(2)42(6)34-46,51-21-29-55(30-22-51)76-63(72)84-80-59(68)47-15-11-39(3)43(7)35-47)52-23-31-56(32-24-52)77-64(73)85-81-60(69)48-16-12-40(4)44(8)36-48/h9-16,33-36,49-56H,17-32H2,1-8H3. The fraction of sp³-hybridized carbons (Fsp3) is 0.508. The minimum Gasteiger partial charge on any atom is -0.428 e. The number of hydrogen-bond acceptors (Lipinski definition) is 20. The van der Waals surface area contributed by atoms with Crippen molar-refractivity contribution in [3.8, 4) is 0 Å². The van der Waals surface area contributed by atoms with Gasteiger partial charge in [0.1, 0.15) is 24.4 Å². The Balaban J connectivity index is 0.975. The van der Waals surface area contributed by atoms with Crippen LogP contribution in [0.3, 0.4) is 0 Å². The molecule has 0 radical (unpaired) electrons. The maximum absolute atomic E-state index is 13.1. The summed E-state index contributed by atoms with van der Waals surface area (Å²) < 4.78 is 23.1. The van der Waals surface area contributed by atoms with Crippen LogP contribution in [0.15, 0.2) is 72.8 Å². The van der Waals surface area contributed by atoms with Crippen LogP contribution in [0.4, 0.5) is 19.2 Å². The van der Waals surface area contributed by atoms with Crippen molar-refractivity contribution < 1.29 is 96.4 Å². The lowest BCUT2D eigenvalue weighted by Crippen LogP contribution is -2.54. The molecule has 0 heterocycles. The summed E-state index contributed by atoms with van der Waals surface area (Å²) in [5.41, 5.74) is 7.83. The molecule has 0 aromatic heterocycles. The summed E-state index contributed by atoms with van der Waals surface area (Å²) >= 11 is 0. The van der Waals surface area contributed by atoms with E-state index in [0.717, 1.165) is 44.5 Å². The minimum absolute atomic E-state index is 0.0535. The van der Waals surface area contributed by atoms with Crippen LogP contribution >= 0.6 is 0 Å². The molecule has 4 aromatic rings. The van der Waals surface area contributed by atoms with Crippen molar-refractivity contribution in [2.45, 2.75) is 183 Å². The van der Waals surface area contributed by atoms with Gasteiger partial charge in [0.2, 0.25) is 0 Å². The summed E-state index contributed by atoms with van der Waals surface area (Å²) in [4.78, 5) is 142. The van der Waals surface area contributed by atoms with Crippen LogP contribution in [0, 0.1) is 84.5 Å². The summed E-state index contributed by atoms with van der Waals surface area (Å²) in [5, 5.41) is 0. The number of benzene rings is 4. The molecule has 20 heteroatoms. The number of hydrogen-bond donors (Lipinski definition) is 0. The van der Waals surface area contributed by atoms with Crippen LogP contribution in [-0.4, -0.2) is 72.9 Å². The zero-order chi connectivity index (χ0) is 61.0. The molecule has 4 fully saturated rings. The van der Waals surface area contributed by atoms with Gasteiger partial charge in [-0.05, 0) is 280 Å². The zero-order valence-corrected chi connectivity index (χ0v) is 49.5. The van der Waals surface area contributed by atoms with Crippen LogP contribution in [0.1, 0.15) is 189 Å². The van der Waals surface area contributed by atoms with E-state index in [1.165, 1.54) is 0 Å². The van der Waals surface area contributed by atoms with Crippen molar-refractivity contribution in [2.75, 3.05) is 0 Å². The Morgan fingerprint density at radius 1 is 0.271 bits per heavy atom. The topological polar surface area (TPSA) is 247 Å². The second kappa shape index (κ2) is 28.6. The molecule has 20 nitrogen and oxygen atoms in total. The average Bonchev–Trinajstić information content (AvgIpc) is 0.870. The first-order valence-corrected chi connectivity index (χ1v) is 29.3. The third-order valence-electron chi connectivity index (χ3n) is 18.3. The smallest absolute Gasteiger partial charge is 0.428 e. The van der Waals surface area contributed by atoms with E-state index in [1.807, 2.05) is 55.4 Å². The molecule has 0 aliphatic heterocycles. The van der Waals surface area contributed by atoms with Gasteiger partial charge in [-0.3, -0.25) is 0 Å². The van der Waals surface area contributed by atoms with Gasteiger partial charge in [-0.15, -0.1) is 0 Å². The van der Waals surface area contributed by atoms with Crippen LogP contribution in [-0.2, 0) is 58.0 Å². The molecular formula is C65H76O20. The molecular weight excluding hydrogens is 1100 g/mol. The fourth-order valence-corrected chi connectivity index (χ4v) is 13.3. The van der Waals surface area contributed by atoms with Crippen molar-refractivity contribution in [1.29, 1.82) is 0 Å². The first-order valence-electron chi connectivity index (χ1n) is 29.3. The predicted octanol–water partition coefficient (Wildman–Crippen LogP) is 14.4. The maximum atomic E-state index is 13.1. The van der Waals surface area contributed by atoms with Crippen molar-refractivity contribution in [3.63, 3.8) is 0 Å². The number of aryl methyl sites for hydroxylation is 8. The highest BCUT2D eigenvalue weighted by Gasteiger charge is 2.57. The number of carbonyl (C=O) groups is 8. The van der Waals surface area contributed by atoms with E-state index < -0.39 is 78.3 Å². The lowest BCUT2D eigenvalue weighted by Gasteiger charge is -2.60. The molecule has 85 heavy (non-hydrogen) atoms. The SMILES string of the molecule is Cc1ccc(C(=O)OOC(=O)OC2CCC(C(C3CCC(OC(=O)OOC(=O)c4ccc(C)c(C)c4)CC3)(C3CCC(OC(=O)OOC(=O)c4ccc(C)c(C)c4)CC3)C3CCC(OC(=O)OOC(=O)c4ccc(C)c(C)c4)CC3)CC2)cc1C. The van der Waals surface area contributed by atoms with Gasteiger partial charge in [0.05, 0.1) is 22.3 Å². The van der Waals surface area contributed by atoms with E-state index in [4.69, 9.17) is 58.0 Å². The van der Waals surface area contributed by atoms with Gasteiger partial charge in [0.25, 0.3) is 0 Å². The molecule has 0 bridgehead atoms. The summed E-state index contributed by atoms with van der Waals surface area (Å²) in [6, 6.07) is 20.0. The highest BCUT2D eigenvalue weighted by molar-refractivity contribution is 5.91. The van der Waals surface area contributed by atoms with Crippen LogP contribution in [0.25, 0.3) is 0 Å². The maximum Gasteiger partial charge on any atom is 0.550 e. The summed E-state index contributed by atoms with van der Waals surface area (Å²) in [5.74, 6) is -3.16. The van der Waals surface area contributed by atoms with E-state index >= 15 is 0 Å². The van der Waals surface area contributed by atoms with Crippen LogP contribution < -0.4 is 0 Å². The fourth-order valence-electron chi connectivity index (χ4n) is 13.3. The Morgan fingerprint density at radius 3 is 0.635 bits per heavy atom. The Hall–Kier alpha value is -8.16. The van der Waals surface area contributed by atoms with Gasteiger partial charge in [0, 0.05) is 0 Å². The van der Waals surface area contributed by atoms with Crippen molar-refractivity contribution >= 4 is 48.5 Å². The Bertz CT molecular complexity index is 2670. The number of carbonyl (C=O) groups excluding carboxylic acids is 8. The van der Waals surface area contributed by atoms with E-state index in [0.29, 0.717) is 103 Å². The lowest BCUT2D eigenvalue weighted by molar-refractivity contribution is -0.213. The Morgan fingerprint density at radius 2 is 0.459 bits per heavy atom. The van der Waals surface area contributed by atoms with E-state index in [9.17, 15) is 38.4 Å². The van der Waals surface area contributed by atoms with E-state index in [-0.39, 0.29) is 45.9 Å². The van der Waals surface area contributed by atoms with Gasteiger partial charge in [-0.2, -0.15) is 19.2 Å². The molecule has 0 spiro atoms. The third kappa shape index (κ3) is 16.2. The molecule has 0 saturated heterocycles. The molecule has 8 rings (SSSR count). The van der Waals surface area contributed by atoms with Gasteiger partial charge in [-0.1, -0.05) is 24.3 Å². The molecule has 0 amide bonds. The first-order chi connectivity index (χ1) is 40.7. The number of ether oxygens (including phenoxy) is 4. The first kappa shape index (κ1) is 62.9. The Labute approximate surface area is 494 Å². The second-order valence-electron chi connectivity index (χ2n) is 23.4.